The van der Waals surface area contributed by atoms with Gasteiger partial charge in [0, 0.05) is 11.8 Å². The third-order valence-corrected chi connectivity index (χ3v) is 2.66. The molecule has 0 saturated carbocycles. The molecule has 8 heteroatoms. The summed E-state index contributed by atoms with van der Waals surface area (Å²) >= 11 is 0. The van der Waals surface area contributed by atoms with Crippen LogP contribution in [-0.4, -0.2) is 24.4 Å². The second kappa shape index (κ2) is 5.08. The minimum atomic E-state index is -0.544. The fraction of sp³-hybridized carbons (Fsp3) is 0.250. The minimum Gasteiger partial charge on any atom is -0.486 e. The van der Waals surface area contributed by atoms with Gasteiger partial charge in [-0.1, -0.05) is 4.68 Å². The summed E-state index contributed by atoms with van der Waals surface area (Å²) in [7, 11) is 0. The van der Waals surface area contributed by atoms with E-state index in [-0.39, 0.29) is 12.5 Å². The molecule has 1 aliphatic heterocycles. The molecule has 0 radical (unpaired) electrons. The van der Waals surface area contributed by atoms with Crippen molar-refractivity contribution in [1.29, 1.82) is 0 Å². The second-order valence-corrected chi connectivity index (χ2v) is 4.18. The highest BCUT2D eigenvalue weighted by atomic mass is 16.6. The Morgan fingerprint density at radius 1 is 1.30 bits per heavy atom. The summed E-state index contributed by atoms with van der Waals surface area (Å²) in [4.78, 5) is 22.6. The first-order valence-electron chi connectivity index (χ1n) is 5.98. The zero-order valence-corrected chi connectivity index (χ0v) is 10.4. The van der Waals surface area contributed by atoms with Crippen molar-refractivity contribution in [3.63, 3.8) is 0 Å². The number of amides is 1. The number of carbonyl (C=O) groups is 1. The molecule has 0 unspecified atom stereocenters. The lowest BCUT2D eigenvalue weighted by Gasteiger charge is -2.18. The van der Waals surface area contributed by atoms with E-state index in [4.69, 9.17) is 9.47 Å². The summed E-state index contributed by atoms with van der Waals surface area (Å²) in [5.41, 5.74) is 0.0443. The molecule has 2 N–H and O–H groups in total. The highest BCUT2D eigenvalue weighted by Gasteiger charge is 2.15. The van der Waals surface area contributed by atoms with Crippen LogP contribution < -0.4 is 25.1 Å². The third kappa shape index (κ3) is 2.63. The molecular formula is C12H12N3O5+. The van der Waals surface area contributed by atoms with Gasteiger partial charge in [0.2, 0.25) is 0 Å². The van der Waals surface area contributed by atoms with Crippen molar-refractivity contribution in [3.8, 4) is 11.5 Å². The molecule has 0 aliphatic carbocycles. The average Bonchev–Trinajstić information content (AvgIpc) is 2.83. The molecule has 1 amide bonds. The lowest BCUT2D eigenvalue weighted by atomic mass is 10.2. The van der Waals surface area contributed by atoms with Crippen LogP contribution in [0.2, 0.25) is 0 Å². The van der Waals surface area contributed by atoms with Crippen molar-refractivity contribution in [2.75, 3.05) is 18.5 Å². The number of anilines is 1. The van der Waals surface area contributed by atoms with Crippen molar-refractivity contribution in [2.45, 2.75) is 6.54 Å². The van der Waals surface area contributed by atoms with Gasteiger partial charge in [0.15, 0.2) is 11.5 Å². The van der Waals surface area contributed by atoms with Gasteiger partial charge >= 0.3 is 5.63 Å². The Bertz CT molecular complexity index is 690. The van der Waals surface area contributed by atoms with Crippen molar-refractivity contribution < 1.29 is 23.5 Å². The normalized spacial score (nSPS) is 13.0. The maximum Gasteiger partial charge on any atom is 0.426 e. The van der Waals surface area contributed by atoms with E-state index in [1.54, 1.807) is 18.2 Å². The van der Waals surface area contributed by atoms with Crippen LogP contribution >= 0.6 is 0 Å². The number of carbonyl (C=O) groups excluding carboxylic acids is 1. The smallest absolute Gasteiger partial charge is 0.426 e. The van der Waals surface area contributed by atoms with Gasteiger partial charge in [-0.15, -0.1) is 0 Å². The van der Waals surface area contributed by atoms with Crippen molar-refractivity contribution in [1.82, 2.24) is 5.27 Å². The Kier molecular flexibility index (Phi) is 3.12. The summed E-state index contributed by atoms with van der Waals surface area (Å²) in [6.45, 7) is 0.944. The molecule has 1 aromatic heterocycles. The van der Waals surface area contributed by atoms with E-state index >= 15 is 0 Å². The Morgan fingerprint density at radius 3 is 2.85 bits per heavy atom. The minimum absolute atomic E-state index is 0.0554. The van der Waals surface area contributed by atoms with Crippen LogP contribution in [0.4, 0.5) is 5.69 Å². The van der Waals surface area contributed by atoms with Gasteiger partial charge in [0.25, 0.3) is 18.6 Å². The number of aromatic amines is 1. The lowest BCUT2D eigenvalue weighted by molar-refractivity contribution is -0.750. The molecule has 1 aromatic carbocycles. The van der Waals surface area contributed by atoms with E-state index < -0.39 is 5.63 Å². The Labute approximate surface area is 112 Å². The highest BCUT2D eigenvalue weighted by molar-refractivity contribution is 5.90. The predicted molar refractivity (Wildman–Crippen MR) is 65.6 cm³/mol. The monoisotopic (exact) mass is 278 g/mol. The van der Waals surface area contributed by atoms with Gasteiger partial charge in [0.05, 0.1) is 0 Å². The van der Waals surface area contributed by atoms with Crippen molar-refractivity contribution >= 4 is 11.6 Å². The third-order valence-electron chi connectivity index (χ3n) is 2.66. The van der Waals surface area contributed by atoms with Crippen LogP contribution in [0, 0.1) is 0 Å². The number of hydrogen-bond donors (Lipinski definition) is 2. The van der Waals surface area contributed by atoms with E-state index in [0.29, 0.717) is 30.4 Å². The first kappa shape index (κ1) is 12.3. The van der Waals surface area contributed by atoms with E-state index in [2.05, 4.69) is 15.1 Å². The molecule has 104 valence electrons. The molecule has 20 heavy (non-hydrogen) atoms. The lowest BCUT2D eigenvalue weighted by Crippen LogP contribution is -2.41. The number of H-pyrrole nitrogens is 1. The van der Waals surface area contributed by atoms with Crippen LogP contribution in [-0.2, 0) is 11.3 Å². The molecule has 0 atom stereocenters. The number of nitrogens with one attached hydrogen (secondary N) is 2. The molecule has 0 bridgehead atoms. The predicted octanol–water partition coefficient (Wildman–Crippen LogP) is -0.335. The average molecular weight is 278 g/mol. The summed E-state index contributed by atoms with van der Waals surface area (Å²) in [6.07, 6.45) is 1.16. The summed E-state index contributed by atoms with van der Waals surface area (Å²) in [6, 6.07) is 5.14. The number of hydrogen-bond acceptors (Lipinski definition) is 5. The Morgan fingerprint density at radius 2 is 2.10 bits per heavy atom. The van der Waals surface area contributed by atoms with Crippen LogP contribution in [0.15, 0.2) is 33.7 Å². The number of fused-ring (bicyclic) bond motifs is 1. The molecule has 0 fully saturated rings. The maximum absolute atomic E-state index is 11.8. The fourth-order valence-corrected chi connectivity index (χ4v) is 1.84. The van der Waals surface area contributed by atoms with E-state index in [9.17, 15) is 9.59 Å². The summed E-state index contributed by atoms with van der Waals surface area (Å²) in [5, 5.41) is 4.99. The van der Waals surface area contributed by atoms with E-state index in [1.807, 2.05) is 0 Å². The van der Waals surface area contributed by atoms with Crippen LogP contribution in [0.25, 0.3) is 0 Å². The zero-order chi connectivity index (χ0) is 13.9. The van der Waals surface area contributed by atoms with Crippen molar-refractivity contribution in [2.24, 2.45) is 0 Å². The maximum atomic E-state index is 11.8. The SMILES string of the molecule is O=C(C[n+]1cc(=O)o[nH]1)Nc1ccc2c(c1)OCCO2. The quantitative estimate of drug-likeness (QED) is 0.749. The fourth-order valence-electron chi connectivity index (χ4n) is 1.84. The summed E-state index contributed by atoms with van der Waals surface area (Å²) < 4.78 is 16.5. The van der Waals surface area contributed by atoms with Gasteiger partial charge in [-0.3, -0.25) is 9.32 Å². The van der Waals surface area contributed by atoms with Crippen molar-refractivity contribution in [3.05, 3.63) is 34.8 Å². The molecule has 1 aliphatic rings. The number of benzene rings is 1. The van der Waals surface area contributed by atoms with Crippen LogP contribution in [0.1, 0.15) is 0 Å². The number of aromatic nitrogens is 2. The van der Waals surface area contributed by atoms with Gasteiger partial charge < -0.3 is 14.8 Å². The Balaban J connectivity index is 1.68. The largest absolute Gasteiger partial charge is 0.486 e. The Hall–Kier alpha value is -2.77. The zero-order valence-electron chi connectivity index (χ0n) is 10.4. The molecule has 0 saturated heterocycles. The van der Waals surface area contributed by atoms with Gasteiger partial charge in [-0.2, -0.15) is 0 Å². The van der Waals surface area contributed by atoms with Gasteiger partial charge in [-0.05, 0) is 17.4 Å². The highest BCUT2D eigenvalue weighted by Crippen LogP contribution is 2.32. The molecular weight excluding hydrogens is 266 g/mol. The number of ether oxygens (including phenoxy) is 2. The number of rotatable bonds is 3. The van der Waals surface area contributed by atoms with E-state index in [1.165, 1.54) is 4.68 Å². The first-order valence-corrected chi connectivity index (χ1v) is 5.98. The second-order valence-electron chi connectivity index (χ2n) is 4.18. The van der Waals surface area contributed by atoms with Crippen LogP contribution in [0.5, 0.6) is 11.5 Å². The van der Waals surface area contributed by atoms with Crippen LogP contribution in [0.3, 0.4) is 0 Å². The molecule has 3 rings (SSSR count). The van der Waals surface area contributed by atoms with Gasteiger partial charge in [0.1, 0.15) is 13.2 Å². The molecule has 2 aromatic rings. The number of nitrogens with zero attached hydrogens (tertiary/aromatic N) is 1. The molecule has 0 spiro atoms. The molecule has 2 heterocycles. The topological polar surface area (TPSA) is 97.4 Å². The first-order chi connectivity index (χ1) is 9.70. The van der Waals surface area contributed by atoms with Gasteiger partial charge in [-0.25, -0.2) is 4.79 Å². The standard InChI is InChI=1S/C12H11N3O5/c16-11(6-15-7-12(17)20-14-15)13-8-1-2-9-10(5-8)19-4-3-18-9/h1-2,5,7H,3-4,6H2,(H-,13,14,16,17)/p+1. The molecule has 8 nitrogen and oxygen atoms in total. The summed E-state index contributed by atoms with van der Waals surface area (Å²) in [5.74, 6) is 0.949. The van der Waals surface area contributed by atoms with E-state index in [0.717, 1.165) is 6.20 Å².